The Kier molecular flexibility index (Phi) is 9.14. The number of hydrogen-bond acceptors (Lipinski definition) is 3. The van der Waals surface area contributed by atoms with Gasteiger partial charge in [-0.2, -0.15) is 0 Å². The van der Waals surface area contributed by atoms with E-state index >= 15 is 0 Å². The molecule has 0 spiro atoms. The summed E-state index contributed by atoms with van der Waals surface area (Å²) in [6.07, 6.45) is 7.08. The standard InChI is InChI=1S/C19H23F2NO3/c1-3-5-6-7-8-18(23)22-17(19(24)25-9-4-2)12-14-10-15(20)13-16(21)11-14/h4,7-8,10-11,13,17H,2-3,5-6,9,12H2,1H3,(H,22,23)/b8-7+/t17-/m0/s1. The fourth-order valence-corrected chi connectivity index (χ4v) is 2.13. The van der Waals surface area contributed by atoms with Crippen molar-refractivity contribution in [2.24, 2.45) is 0 Å². The minimum atomic E-state index is -1.05. The van der Waals surface area contributed by atoms with E-state index in [1.54, 1.807) is 6.08 Å². The predicted octanol–water partition coefficient (Wildman–Crippen LogP) is 3.47. The van der Waals surface area contributed by atoms with Gasteiger partial charge in [0.15, 0.2) is 0 Å². The molecule has 0 unspecified atom stereocenters. The maximum absolute atomic E-state index is 13.3. The lowest BCUT2D eigenvalue weighted by Crippen LogP contribution is -2.42. The summed E-state index contributed by atoms with van der Waals surface area (Å²) >= 11 is 0. The van der Waals surface area contributed by atoms with E-state index < -0.39 is 29.6 Å². The van der Waals surface area contributed by atoms with Crippen LogP contribution in [0.3, 0.4) is 0 Å². The number of ether oxygens (including phenoxy) is 1. The van der Waals surface area contributed by atoms with Crippen molar-refractivity contribution in [1.82, 2.24) is 5.32 Å². The van der Waals surface area contributed by atoms with Gasteiger partial charge in [0.05, 0.1) is 0 Å². The molecule has 1 atom stereocenters. The highest BCUT2D eigenvalue weighted by Gasteiger charge is 2.22. The molecule has 1 rings (SSSR count). The summed E-state index contributed by atoms with van der Waals surface area (Å²) in [4.78, 5) is 24.0. The van der Waals surface area contributed by atoms with Gasteiger partial charge in [-0.25, -0.2) is 13.6 Å². The van der Waals surface area contributed by atoms with Crippen molar-refractivity contribution in [3.63, 3.8) is 0 Å². The fraction of sp³-hybridized carbons (Fsp3) is 0.368. The summed E-state index contributed by atoms with van der Waals surface area (Å²) in [5.41, 5.74) is 0.244. The summed E-state index contributed by atoms with van der Waals surface area (Å²) in [6, 6.07) is 1.91. The number of halogens is 2. The molecule has 0 aliphatic heterocycles. The molecule has 0 aromatic heterocycles. The zero-order valence-corrected chi connectivity index (χ0v) is 14.3. The normalized spacial score (nSPS) is 12.0. The van der Waals surface area contributed by atoms with E-state index in [0.717, 1.165) is 37.5 Å². The van der Waals surface area contributed by atoms with E-state index in [9.17, 15) is 18.4 Å². The van der Waals surface area contributed by atoms with Crippen molar-refractivity contribution in [1.29, 1.82) is 0 Å². The van der Waals surface area contributed by atoms with E-state index in [0.29, 0.717) is 0 Å². The Bertz CT molecular complexity index is 609. The van der Waals surface area contributed by atoms with Crippen LogP contribution in [0, 0.1) is 11.6 Å². The number of esters is 1. The Morgan fingerprint density at radius 1 is 1.28 bits per heavy atom. The molecule has 1 N–H and O–H groups in total. The van der Waals surface area contributed by atoms with Crippen LogP contribution in [0.1, 0.15) is 31.7 Å². The van der Waals surface area contributed by atoms with Crippen LogP contribution in [0.2, 0.25) is 0 Å². The first kappa shape index (κ1) is 20.5. The molecule has 6 heteroatoms. The van der Waals surface area contributed by atoms with Crippen molar-refractivity contribution in [3.8, 4) is 0 Å². The van der Waals surface area contributed by atoms with Gasteiger partial charge in [0, 0.05) is 12.5 Å². The Morgan fingerprint density at radius 3 is 2.56 bits per heavy atom. The third-order valence-electron chi connectivity index (χ3n) is 3.30. The Labute approximate surface area is 146 Å². The lowest BCUT2D eigenvalue weighted by molar-refractivity contribution is -0.146. The van der Waals surface area contributed by atoms with Gasteiger partial charge in [-0.05, 0) is 30.2 Å². The zero-order valence-electron chi connectivity index (χ0n) is 14.3. The number of amides is 1. The molecule has 25 heavy (non-hydrogen) atoms. The lowest BCUT2D eigenvalue weighted by atomic mass is 10.1. The molecule has 0 fully saturated rings. The largest absolute Gasteiger partial charge is 0.460 e. The van der Waals surface area contributed by atoms with E-state index in [1.807, 2.05) is 6.92 Å². The highest BCUT2D eigenvalue weighted by Crippen LogP contribution is 2.11. The van der Waals surface area contributed by atoms with Crippen molar-refractivity contribution in [3.05, 3.63) is 60.2 Å². The molecule has 1 aromatic carbocycles. The molecule has 0 aliphatic rings. The number of rotatable bonds is 10. The summed E-state index contributed by atoms with van der Waals surface area (Å²) in [5, 5.41) is 2.51. The Balaban J connectivity index is 2.81. The lowest BCUT2D eigenvalue weighted by Gasteiger charge is -2.16. The van der Waals surface area contributed by atoms with Crippen LogP contribution in [0.4, 0.5) is 8.78 Å². The van der Waals surface area contributed by atoms with Gasteiger partial charge in [0.25, 0.3) is 0 Å². The van der Waals surface area contributed by atoms with Crippen LogP contribution < -0.4 is 5.32 Å². The second-order valence-corrected chi connectivity index (χ2v) is 5.51. The highest BCUT2D eigenvalue weighted by atomic mass is 19.1. The summed E-state index contributed by atoms with van der Waals surface area (Å²) in [7, 11) is 0. The fourth-order valence-electron chi connectivity index (χ4n) is 2.13. The van der Waals surface area contributed by atoms with Crippen molar-refractivity contribution in [2.75, 3.05) is 6.61 Å². The first-order chi connectivity index (χ1) is 12.0. The molecule has 0 saturated carbocycles. The van der Waals surface area contributed by atoms with Crippen LogP contribution in [0.15, 0.2) is 43.0 Å². The summed E-state index contributed by atoms with van der Waals surface area (Å²) in [6.45, 7) is 5.46. The minimum Gasteiger partial charge on any atom is -0.460 e. The van der Waals surface area contributed by atoms with Gasteiger partial charge in [0.1, 0.15) is 24.3 Å². The topological polar surface area (TPSA) is 55.4 Å². The van der Waals surface area contributed by atoms with E-state index in [1.165, 1.54) is 12.2 Å². The quantitative estimate of drug-likeness (QED) is 0.304. The number of carbonyl (C=O) groups is 2. The molecule has 0 aliphatic carbocycles. The number of hydrogen-bond donors (Lipinski definition) is 1. The van der Waals surface area contributed by atoms with Gasteiger partial charge in [0.2, 0.25) is 5.91 Å². The van der Waals surface area contributed by atoms with Crippen molar-refractivity contribution in [2.45, 2.75) is 38.6 Å². The highest BCUT2D eigenvalue weighted by molar-refractivity contribution is 5.91. The zero-order chi connectivity index (χ0) is 18.7. The summed E-state index contributed by atoms with van der Waals surface area (Å²) in [5.74, 6) is -2.66. The first-order valence-corrected chi connectivity index (χ1v) is 8.15. The number of nitrogens with one attached hydrogen (secondary N) is 1. The minimum absolute atomic E-state index is 0.0188. The van der Waals surface area contributed by atoms with Crippen LogP contribution in [0.25, 0.3) is 0 Å². The number of unbranched alkanes of at least 4 members (excludes halogenated alkanes) is 2. The average molecular weight is 351 g/mol. The monoisotopic (exact) mass is 351 g/mol. The Morgan fingerprint density at radius 2 is 1.96 bits per heavy atom. The van der Waals surface area contributed by atoms with Crippen LogP contribution >= 0.6 is 0 Å². The number of allylic oxidation sites excluding steroid dienone is 1. The third-order valence-corrected chi connectivity index (χ3v) is 3.30. The maximum atomic E-state index is 13.3. The molecular formula is C19H23F2NO3. The molecular weight excluding hydrogens is 328 g/mol. The van der Waals surface area contributed by atoms with Crippen molar-refractivity contribution < 1.29 is 23.1 Å². The van der Waals surface area contributed by atoms with E-state index in [-0.39, 0.29) is 18.6 Å². The molecule has 136 valence electrons. The average Bonchev–Trinajstić information content (AvgIpc) is 2.55. The van der Waals surface area contributed by atoms with Gasteiger partial charge < -0.3 is 10.1 Å². The molecule has 0 saturated heterocycles. The Hall–Kier alpha value is -2.50. The van der Waals surface area contributed by atoms with E-state index in [4.69, 9.17) is 4.74 Å². The van der Waals surface area contributed by atoms with Crippen LogP contribution in [-0.4, -0.2) is 24.5 Å². The van der Waals surface area contributed by atoms with Gasteiger partial charge in [-0.1, -0.05) is 38.5 Å². The smallest absolute Gasteiger partial charge is 0.329 e. The number of carbonyl (C=O) groups excluding carboxylic acids is 2. The molecule has 0 bridgehead atoms. The van der Waals surface area contributed by atoms with Crippen molar-refractivity contribution >= 4 is 11.9 Å². The van der Waals surface area contributed by atoms with Gasteiger partial charge >= 0.3 is 5.97 Å². The predicted molar refractivity (Wildman–Crippen MR) is 91.8 cm³/mol. The second-order valence-electron chi connectivity index (χ2n) is 5.51. The van der Waals surface area contributed by atoms with Gasteiger partial charge in [-0.3, -0.25) is 4.79 Å². The van der Waals surface area contributed by atoms with E-state index in [2.05, 4.69) is 11.9 Å². The summed E-state index contributed by atoms with van der Waals surface area (Å²) < 4.78 is 31.6. The third kappa shape index (κ3) is 8.24. The van der Waals surface area contributed by atoms with Gasteiger partial charge in [-0.15, -0.1) is 0 Å². The van der Waals surface area contributed by atoms with Crippen LogP contribution in [0.5, 0.6) is 0 Å². The second kappa shape index (κ2) is 11.1. The number of benzene rings is 1. The SMILES string of the molecule is C=CCOC(=O)[C@H](Cc1cc(F)cc(F)c1)NC(=O)/C=C/CCCC. The molecule has 0 heterocycles. The maximum Gasteiger partial charge on any atom is 0.329 e. The molecule has 1 aromatic rings. The molecule has 4 nitrogen and oxygen atoms in total. The molecule has 1 amide bonds. The van der Waals surface area contributed by atoms with Crippen LogP contribution in [-0.2, 0) is 20.7 Å². The first-order valence-electron chi connectivity index (χ1n) is 8.15. The molecule has 0 radical (unpaired) electrons.